The third-order valence-corrected chi connectivity index (χ3v) is 4.80. The van der Waals surface area contributed by atoms with Crippen LogP contribution in [0.25, 0.3) is 0 Å². The van der Waals surface area contributed by atoms with Crippen molar-refractivity contribution in [3.8, 4) is 0 Å². The second kappa shape index (κ2) is 5.50. The first-order chi connectivity index (χ1) is 11.4. The maximum atomic E-state index is 12.1. The lowest BCUT2D eigenvalue weighted by Gasteiger charge is -2.49. The molecule has 0 saturated carbocycles. The van der Waals surface area contributed by atoms with Crippen LogP contribution >= 0.6 is 0 Å². The van der Waals surface area contributed by atoms with E-state index in [1.54, 1.807) is 6.92 Å². The molecule has 0 aromatic carbocycles. The molecule has 1 unspecified atom stereocenters. The Morgan fingerprint density at radius 3 is 2.38 bits per heavy atom. The van der Waals surface area contributed by atoms with Crippen LogP contribution in [0.5, 0.6) is 0 Å². The van der Waals surface area contributed by atoms with Gasteiger partial charge in [-0.3, -0.25) is 14.3 Å². The third kappa shape index (κ3) is 2.44. The standard InChI is InChI=1S/C15H20N2O7/c1-7-20-12(21-7)11-15(3,13-22-8(2)23-13)6-10(24-11)17-5-4-9(18)16-14(17)19/h4-5,7-8,10-13H,6H2,1-3H3,(H,16,18,19)/t7?,8?,10-,11-,12?,13?,15?/m0/s1. The lowest BCUT2D eigenvalue weighted by molar-refractivity contribution is -0.444. The predicted molar refractivity (Wildman–Crippen MR) is 78.8 cm³/mol. The molecule has 3 aliphatic heterocycles. The highest BCUT2D eigenvalue weighted by Crippen LogP contribution is 2.52. The van der Waals surface area contributed by atoms with Crippen LogP contribution in [0.1, 0.15) is 33.4 Å². The van der Waals surface area contributed by atoms with Gasteiger partial charge in [-0.1, -0.05) is 6.92 Å². The molecular weight excluding hydrogens is 320 g/mol. The Morgan fingerprint density at radius 2 is 1.79 bits per heavy atom. The summed E-state index contributed by atoms with van der Waals surface area (Å²) in [6.45, 7) is 5.57. The molecule has 1 aromatic heterocycles. The van der Waals surface area contributed by atoms with Crippen LogP contribution in [-0.2, 0) is 23.7 Å². The van der Waals surface area contributed by atoms with E-state index in [4.69, 9.17) is 23.7 Å². The molecule has 0 amide bonds. The van der Waals surface area contributed by atoms with Gasteiger partial charge in [-0.25, -0.2) is 4.79 Å². The van der Waals surface area contributed by atoms with E-state index in [1.807, 2.05) is 13.8 Å². The van der Waals surface area contributed by atoms with Gasteiger partial charge in [0.2, 0.25) is 0 Å². The van der Waals surface area contributed by atoms with Crippen molar-refractivity contribution in [1.82, 2.24) is 9.55 Å². The Hall–Kier alpha value is -1.52. The van der Waals surface area contributed by atoms with Gasteiger partial charge in [0.1, 0.15) is 12.3 Å². The predicted octanol–water partition coefficient (Wildman–Crippen LogP) is 0.268. The first kappa shape index (κ1) is 16.0. The number of hydrogen-bond acceptors (Lipinski definition) is 7. The van der Waals surface area contributed by atoms with Crippen LogP contribution in [0, 0.1) is 5.41 Å². The molecule has 3 atom stereocenters. The van der Waals surface area contributed by atoms with Gasteiger partial charge in [0.15, 0.2) is 25.2 Å². The van der Waals surface area contributed by atoms with Gasteiger partial charge in [0, 0.05) is 18.7 Å². The number of aromatic amines is 1. The molecule has 0 radical (unpaired) electrons. The summed E-state index contributed by atoms with van der Waals surface area (Å²) in [5.41, 5.74) is -1.53. The largest absolute Gasteiger partial charge is 0.349 e. The second-order valence-electron chi connectivity index (χ2n) is 6.62. The zero-order chi connectivity index (χ0) is 17.1. The molecule has 4 heterocycles. The Bertz CT molecular complexity index is 734. The molecule has 3 saturated heterocycles. The topological polar surface area (TPSA) is 101 Å². The maximum absolute atomic E-state index is 12.1. The van der Waals surface area contributed by atoms with Crippen LogP contribution in [0.4, 0.5) is 0 Å². The highest BCUT2D eigenvalue weighted by molar-refractivity contribution is 4.99. The summed E-state index contributed by atoms with van der Waals surface area (Å²) in [6, 6.07) is 1.28. The number of aromatic nitrogens is 2. The molecule has 9 heteroatoms. The van der Waals surface area contributed by atoms with Crippen LogP contribution in [0.2, 0.25) is 0 Å². The van der Waals surface area contributed by atoms with Crippen molar-refractivity contribution in [2.75, 3.05) is 0 Å². The minimum Gasteiger partial charge on any atom is -0.349 e. The molecule has 24 heavy (non-hydrogen) atoms. The fraction of sp³-hybridized carbons (Fsp3) is 0.733. The third-order valence-electron chi connectivity index (χ3n) is 4.80. The summed E-state index contributed by atoms with van der Waals surface area (Å²) in [4.78, 5) is 25.6. The average Bonchev–Trinajstić information content (AvgIpc) is 2.78. The summed E-state index contributed by atoms with van der Waals surface area (Å²) in [5.74, 6) is 0. The molecule has 9 nitrogen and oxygen atoms in total. The van der Waals surface area contributed by atoms with Gasteiger partial charge < -0.3 is 23.7 Å². The maximum Gasteiger partial charge on any atom is 0.330 e. The quantitative estimate of drug-likeness (QED) is 0.842. The Morgan fingerprint density at radius 1 is 1.12 bits per heavy atom. The highest BCUT2D eigenvalue weighted by Gasteiger charge is 2.60. The van der Waals surface area contributed by atoms with Crippen molar-refractivity contribution in [2.24, 2.45) is 5.41 Å². The van der Waals surface area contributed by atoms with Crippen molar-refractivity contribution < 1.29 is 23.7 Å². The molecule has 0 bridgehead atoms. The second-order valence-corrected chi connectivity index (χ2v) is 6.62. The van der Waals surface area contributed by atoms with Gasteiger partial charge >= 0.3 is 5.69 Å². The number of nitrogens with zero attached hydrogens (tertiary/aromatic N) is 1. The van der Waals surface area contributed by atoms with Crippen molar-refractivity contribution in [3.05, 3.63) is 33.1 Å². The first-order valence-corrected chi connectivity index (χ1v) is 7.95. The molecule has 1 N–H and O–H groups in total. The Kier molecular flexibility index (Phi) is 3.66. The molecule has 0 spiro atoms. The summed E-state index contributed by atoms with van der Waals surface area (Å²) in [6.07, 6.45) is -0.737. The van der Waals surface area contributed by atoms with Gasteiger partial charge in [-0.2, -0.15) is 0 Å². The Balaban J connectivity index is 1.62. The smallest absolute Gasteiger partial charge is 0.330 e. The molecule has 3 fully saturated rings. The number of hydrogen-bond donors (Lipinski definition) is 1. The fourth-order valence-corrected chi connectivity index (χ4v) is 3.49. The minimum atomic E-state index is -0.574. The fourth-order valence-electron chi connectivity index (χ4n) is 3.49. The lowest BCUT2D eigenvalue weighted by atomic mass is 9.80. The van der Waals surface area contributed by atoms with Crippen LogP contribution in [0.3, 0.4) is 0 Å². The number of H-pyrrole nitrogens is 1. The van der Waals surface area contributed by atoms with Crippen molar-refractivity contribution >= 4 is 0 Å². The van der Waals surface area contributed by atoms with E-state index < -0.39 is 41.6 Å². The van der Waals surface area contributed by atoms with Crippen LogP contribution in [0.15, 0.2) is 21.9 Å². The molecular formula is C15H20N2O7. The molecule has 132 valence electrons. The van der Waals surface area contributed by atoms with E-state index in [1.165, 1.54) is 16.8 Å². The average molecular weight is 340 g/mol. The molecule has 4 rings (SSSR count). The normalized spacial score (nSPS) is 44.8. The summed E-state index contributed by atoms with van der Waals surface area (Å²) in [5, 5.41) is 0. The van der Waals surface area contributed by atoms with E-state index in [0.717, 1.165) is 0 Å². The van der Waals surface area contributed by atoms with Crippen molar-refractivity contribution in [1.29, 1.82) is 0 Å². The van der Waals surface area contributed by atoms with E-state index >= 15 is 0 Å². The zero-order valence-electron chi connectivity index (χ0n) is 13.6. The zero-order valence-corrected chi connectivity index (χ0v) is 13.6. The minimum absolute atomic E-state index is 0.274. The van der Waals surface area contributed by atoms with Gasteiger partial charge in [-0.05, 0) is 13.8 Å². The van der Waals surface area contributed by atoms with E-state index in [-0.39, 0.29) is 12.6 Å². The summed E-state index contributed by atoms with van der Waals surface area (Å²) < 4.78 is 30.0. The van der Waals surface area contributed by atoms with Crippen LogP contribution in [-0.4, -0.2) is 40.8 Å². The van der Waals surface area contributed by atoms with E-state index in [2.05, 4.69) is 4.98 Å². The van der Waals surface area contributed by atoms with Gasteiger partial charge in [0.25, 0.3) is 5.56 Å². The van der Waals surface area contributed by atoms with E-state index in [0.29, 0.717) is 6.42 Å². The SMILES string of the molecule is CC1OC([C@@H]2O[C@H](n3ccc(=O)[nH]c3=O)CC2(C)C2OC(C)O2)O1. The number of nitrogens with one attached hydrogen (secondary N) is 1. The van der Waals surface area contributed by atoms with Crippen molar-refractivity contribution in [2.45, 2.75) is 64.7 Å². The lowest BCUT2D eigenvalue weighted by Crippen LogP contribution is -2.59. The summed E-state index contributed by atoms with van der Waals surface area (Å²) in [7, 11) is 0. The monoisotopic (exact) mass is 340 g/mol. The highest BCUT2D eigenvalue weighted by atomic mass is 16.9. The molecule has 0 aliphatic carbocycles. The van der Waals surface area contributed by atoms with Crippen LogP contribution < -0.4 is 11.2 Å². The number of ether oxygens (including phenoxy) is 5. The first-order valence-electron chi connectivity index (χ1n) is 7.95. The molecule has 1 aromatic rings. The van der Waals surface area contributed by atoms with Crippen molar-refractivity contribution in [3.63, 3.8) is 0 Å². The number of rotatable bonds is 3. The molecule has 3 aliphatic rings. The summed E-state index contributed by atoms with van der Waals surface area (Å²) >= 11 is 0. The van der Waals surface area contributed by atoms with E-state index in [9.17, 15) is 9.59 Å². The van der Waals surface area contributed by atoms with Gasteiger partial charge in [0.05, 0.1) is 5.41 Å². The van der Waals surface area contributed by atoms with Gasteiger partial charge in [-0.15, -0.1) is 0 Å². The Labute approximate surface area is 137 Å².